The SMILES string of the molecule is Cc1cc(P(c2ccccc2)c2ccccc2)cc(C(F)(F)F)c1. The highest BCUT2D eigenvalue weighted by Crippen LogP contribution is 2.36. The van der Waals surface area contributed by atoms with Crippen molar-refractivity contribution in [1.82, 2.24) is 0 Å². The van der Waals surface area contributed by atoms with Crippen molar-refractivity contribution in [2.24, 2.45) is 0 Å². The summed E-state index contributed by atoms with van der Waals surface area (Å²) < 4.78 is 39.7. The molecule has 4 heteroatoms. The second-order valence-corrected chi connectivity index (χ2v) is 7.78. The van der Waals surface area contributed by atoms with Crippen LogP contribution in [-0.2, 0) is 6.18 Å². The van der Waals surface area contributed by atoms with Gasteiger partial charge in [-0.25, -0.2) is 0 Å². The van der Waals surface area contributed by atoms with Gasteiger partial charge in [0.05, 0.1) is 5.56 Å². The second kappa shape index (κ2) is 6.78. The van der Waals surface area contributed by atoms with Gasteiger partial charge in [-0.3, -0.25) is 0 Å². The standard InChI is InChI=1S/C20H16F3P/c1-15-12-16(20(21,22)23)14-19(13-15)24(17-8-4-2-5-9-17)18-10-6-3-7-11-18/h2-14H,1H3. The molecule has 0 N–H and O–H groups in total. The van der Waals surface area contributed by atoms with Gasteiger partial charge >= 0.3 is 6.18 Å². The summed E-state index contributed by atoms with van der Waals surface area (Å²) in [7, 11) is -1.03. The zero-order valence-corrected chi connectivity index (χ0v) is 14.0. The Labute approximate surface area is 140 Å². The van der Waals surface area contributed by atoms with Crippen molar-refractivity contribution >= 4 is 23.8 Å². The first-order valence-corrected chi connectivity index (χ1v) is 8.88. The predicted molar refractivity (Wildman–Crippen MR) is 94.9 cm³/mol. The van der Waals surface area contributed by atoms with Crippen molar-refractivity contribution in [1.29, 1.82) is 0 Å². The van der Waals surface area contributed by atoms with Crippen LogP contribution in [0.3, 0.4) is 0 Å². The van der Waals surface area contributed by atoms with E-state index in [1.165, 1.54) is 12.1 Å². The molecule has 0 saturated carbocycles. The Balaban J connectivity index is 2.19. The van der Waals surface area contributed by atoms with Crippen LogP contribution in [0, 0.1) is 6.92 Å². The van der Waals surface area contributed by atoms with Crippen LogP contribution in [0.25, 0.3) is 0 Å². The highest BCUT2D eigenvalue weighted by Gasteiger charge is 2.32. The van der Waals surface area contributed by atoms with Crippen LogP contribution in [-0.4, -0.2) is 0 Å². The van der Waals surface area contributed by atoms with Gasteiger partial charge in [0, 0.05) is 0 Å². The highest BCUT2D eigenvalue weighted by atomic mass is 31.1. The van der Waals surface area contributed by atoms with E-state index in [9.17, 15) is 13.2 Å². The third kappa shape index (κ3) is 3.68. The van der Waals surface area contributed by atoms with Crippen LogP contribution < -0.4 is 15.9 Å². The van der Waals surface area contributed by atoms with Crippen molar-refractivity contribution in [2.45, 2.75) is 13.1 Å². The summed E-state index contributed by atoms with van der Waals surface area (Å²) in [6, 6.07) is 23.8. The maximum Gasteiger partial charge on any atom is 0.416 e. The lowest BCUT2D eigenvalue weighted by atomic mass is 10.1. The van der Waals surface area contributed by atoms with Gasteiger partial charge in [-0.15, -0.1) is 0 Å². The number of rotatable bonds is 3. The van der Waals surface area contributed by atoms with Crippen molar-refractivity contribution in [3.8, 4) is 0 Å². The lowest BCUT2D eigenvalue weighted by molar-refractivity contribution is -0.137. The van der Waals surface area contributed by atoms with Gasteiger partial charge in [0.1, 0.15) is 0 Å². The number of alkyl halides is 3. The highest BCUT2D eigenvalue weighted by molar-refractivity contribution is 7.79. The Morgan fingerprint density at radius 2 is 1.17 bits per heavy atom. The maximum absolute atomic E-state index is 13.2. The number of halogens is 3. The van der Waals surface area contributed by atoms with E-state index < -0.39 is 19.7 Å². The van der Waals surface area contributed by atoms with Crippen molar-refractivity contribution in [3.63, 3.8) is 0 Å². The van der Waals surface area contributed by atoms with Crippen molar-refractivity contribution < 1.29 is 13.2 Å². The van der Waals surface area contributed by atoms with E-state index in [1.807, 2.05) is 66.7 Å². The molecule has 0 amide bonds. The van der Waals surface area contributed by atoms with E-state index in [2.05, 4.69) is 0 Å². The molecule has 0 nitrogen and oxygen atoms in total. The molecule has 0 aliphatic rings. The van der Waals surface area contributed by atoms with Gasteiger partial charge in [-0.1, -0.05) is 66.7 Å². The summed E-state index contributed by atoms with van der Waals surface area (Å²) in [5.74, 6) is 0. The Morgan fingerprint density at radius 1 is 0.667 bits per heavy atom. The molecule has 3 aromatic rings. The Kier molecular flexibility index (Phi) is 4.73. The largest absolute Gasteiger partial charge is 0.416 e. The lowest BCUT2D eigenvalue weighted by Crippen LogP contribution is -2.22. The summed E-state index contributed by atoms with van der Waals surface area (Å²) in [5.41, 5.74) is 0.0380. The molecule has 3 rings (SSSR count). The minimum absolute atomic E-state index is 0.586. The van der Waals surface area contributed by atoms with Crippen molar-refractivity contribution in [3.05, 3.63) is 90.0 Å². The van der Waals surface area contributed by atoms with E-state index in [0.717, 1.165) is 15.9 Å². The first-order chi connectivity index (χ1) is 11.4. The monoisotopic (exact) mass is 344 g/mol. The quantitative estimate of drug-likeness (QED) is 0.600. The van der Waals surface area contributed by atoms with E-state index in [0.29, 0.717) is 5.56 Å². The van der Waals surface area contributed by atoms with Crippen LogP contribution in [0.4, 0.5) is 13.2 Å². The second-order valence-electron chi connectivity index (χ2n) is 5.56. The van der Waals surface area contributed by atoms with Crippen LogP contribution in [0.15, 0.2) is 78.9 Å². The van der Waals surface area contributed by atoms with Crippen LogP contribution in [0.1, 0.15) is 11.1 Å². The summed E-state index contributed by atoms with van der Waals surface area (Å²) in [5, 5.41) is 2.80. The molecule has 0 fully saturated rings. The average Bonchev–Trinajstić information content (AvgIpc) is 2.56. The molecule has 3 aromatic carbocycles. The Bertz CT molecular complexity index is 772. The number of aryl methyl sites for hydroxylation is 1. The molecule has 0 saturated heterocycles. The molecule has 0 heterocycles. The molecular formula is C20H16F3P. The third-order valence-corrected chi connectivity index (χ3v) is 6.08. The normalized spacial score (nSPS) is 11.7. The van der Waals surface area contributed by atoms with Crippen LogP contribution in [0.5, 0.6) is 0 Å². The molecule has 0 aromatic heterocycles. The zero-order valence-electron chi connectivity index (χ0n) is 13.1. The number of hydrogen-bond donors (Lipinski definition) is 0. The third-order valence-electron chi connectivity index (χ3n) is 3.68. The van der Waals surface area contributed by atoms with E-state index in [-0.39, 0.29) is 0 Å². The zero-order chi connectivity index (χ0) is 17.2. The number of hydrogen-bond acceptors (Lipinski definition) is 0. The topological polar surface area (TPSA) is 0 Å². The van der Waals surface area contributed by atoms with Crippen LogP contribution in [0.2, 0.25) is 0 Å². The van der Waals surface area contributed by atoms with Gasteiger partial charge in [0.15, 0.2) is 0 Å². The first kappa shape index (κ1) is 16.7. The number of benzene rings is 3. The van der Waals surface area contributed by atoms with Gasteiger partial charge in [-0.05, 0) is 48.5 Å². The van der Waals surface area contributed by atoms with Crippen LogP contribution >= 0.6 is 7.92 Å². The summed E-state index contributed by atoms with van der Waals surface area (Å²) in [6.07, 6.45) is -4.34. The molecule has 0 unspecified atom stereocenters. The predicted octanol–water partition coefficient (Wildman–Crippen LogP) is 4.77. The van der Waals surface area contributed by atoms with Gasteiger partial charge in [-0.2, -0.15) is 13.2 Å². The minimum atomic E-state index is -4.34. The lowest BCUT2D eigenvalue weighted by Gasteiger charge is -2.21. The minimum Gasteiger partial charge on any atom is -0.166 e. The fourth-order valence-electron chi connectivity index (χ4n) is 2.66. The molecule has 0 aliphatic heterocycles. The molecule has 0 atom stereocenters. The molecule has 24 heavy (non-hydrogen) atoms. The molecule has 0 aliphatic carbocycles. The van der Waals surface area contributed by atoms with E-state index in [1.54, 1.807) is 6.92 Å². The molecule has 122 valence electrons. The Hall–Kier alpha value is -2.12. The van der Waals surface area contributed by atoms with E-state index in [4.69, 9.17) is 0 Å². The Morgan fingerprint density at radius 3 is 1.62 bits per heavy atom. The molecule has 0 spiro atoms. The van der Waals surface area contributed by atoms with Crippen molar-refractivity contribution in [2.75, 3.05) is 0 Å². The smallest absolute Gasteiger partial charge is 0.166 e. The summed E-state index contributed by atoms with van der Waals surface area (Å²) in [6.45, 7) is 1.71. The van der Waals surface area contributed by atoms with Gasteiger partial charge in [0.25, 0.3) is 0 Å². The van der Waals surface area contributed by atoms with Gasteiger partial charge < -0.3 is 0 Å². The molecule has 0 bridgehead atoms. The average molecular weight is 344 g/mol. The maximum atomic E-state index is 13.2. The fourth-order valence-corrected chi connectivity index (χ4v) is 5.09. The molecular weight excluding hydrogens is 328 g/mol. The van der Waals surface area contributed by atoms with Gasteiger partial charge in [0.2, 0.25) is 0 Å². The molecule has 0 radical (unpaired) electrons. The first-order valence-electron chi connectivity index (χ1n) is 7.54. The van der Waals surface area contributed by atoms with E-state index >= 15 is 0 Å². The summed E-state index contributed by atoms with van der Waals surface area (Å²) in [4.78, 5) is 0. The summed E-state index contributed by atoms with van der Waals surface area (Å²) >= 11 is 0. The fraction of sp³-hybridized carbons (Fsp3) is 0.100.